The molecule has 0 aliphatic carbocycles. The maximum Gasteiger partial charge on any atom is 0.251 e. The standard InChI is InChI=1S/C20H23ClN2O3S/c1-2-15-3-9-19(10-4-15)27(25,26)23-13-11-18(12-14-23)22-20(24)16-5-7-17(21)8-6-16/h3-10,18H,2,11-14H2,1H3,(H,22,24). The fraction of sp³-hybridized carbons (Fsp3) is 0.350. The van der Waals surface area contributed by atoms with Gasteiger partial charge in [-0.05, 0) is 61.2 Å². The summed E-state index contributed by atoms with van der Waals surface area (Å²) in [5.74, 6) is -0.164. The highest BCUT2D eigenvalue weighted by molar-refractivity contribution is 7.89. The van der Waals surface area contributed by atoms with Crippen LogP contribution in [-0.2, 0) is 16.4 Å². The molecule has 27 heavy (non-hydrogen) atoms. The minimum atomic E-state index is -3.49. The van der Waals surface area contributed by atoms with Crippen molar-refractivity contribution in [3.8, 4) is 0 Å². The predicted octanol–water partition coefficient (Wildman–Crippen LogP) is 3.49. The molecule has 0 radical (unpaired) electrons. The smallest absolute Gasteiger partial charge is 0.251 e. The first-order valence-corrected chi connectivity index (χ1v) is 10.9. The van der Waals surface area contributed by atoms with Gasteiger partial charge >= 0.3 is 0 Å². The average Bonchev–Trinajstić information content (AvgIpc) is 2.69. The van der Waals surface area contributed by atoms with Gasteiger partial charge in [-0.2, -0.15) is 4.31 Å². The lowest BCUT2D eigenvalue weighted by Gasteiger charge is -2.31. The largest absolute Gasteiger partial charge is 0.349 e. The highest BCUT2D eigenvalue weighted by Crippen LogP contribution is 2.21. The number of halogens is 1. The quantitative estimate of drug-likeness (QED) is 0.826. The third-order valence-corrected chi connectivity index (χ3v) is 7.03. The fourth-order valence-electron chi connectivity index (χ4n) is 3.16. The first-order chi connectivity index (χ1) is 12.9. The van der Waals surface area contributed by atoms with Crippen molar-refractivity contribution in [3.63, 3.8) is 0 Å². The molecule has 0 unspecified atom stereocenters. The topological polar surface area (TPSA) is 66.5 Å². The van der Waals surface area contributed by atoms with Gasteiger partial charge in [-0.3, -0.25) is 4.79 Å². The zero-order valence-electron chi connectivity index (χ0n) is 15.2. The molecule has 2 aromatic rings. The van der Waals surface area contributed by atoms with Gasteiger partial charge in [0.2, 0.25) is 10.0 Å². The summed E-state index contributed by atoms with van der Waals surface area (Å²) in [6.45, 7) is 2.82. The van der Waals surface area contributed by atoms with E-state index in [-0.39, 0.29) is 11.9 Å². The van der Waals surface area contributed by atoms with E-state index in [9.17, 15) is 13.2 Å². The lowest BCUT2D eigenvalue weighted by atomic mass is 10.1. The Kier molecular flexibility index (Phi) is 6.19. The van der Waals surface area contributed by atoms with Crippen LogP contribution in [0.4, 0.5) is 0 Å². The van der Waals surface area contributed by atoms with E-state index in [4.69, 9.17) is 11.6 Å². The van der Waals surface area contributed by atoms with E-state index in [1.165, 1.54) is 4.31 Å². The van der Waals surface area contributed by atoms with Gasteiger partial charge in [-0.15, -0.1) is 0 Å². The molecule has 3 rings (SSSR count). The number of hydrogen-bond donors (Lipinski definition) is 1. The molecule has 0 atom stereocenters. The van der Waals surface area contributed by atoms with Crippen LogP contribution in [0.15, 0.2) is 53.4 Å². The molecule has 0 bridgehead atoms. The van der Waals surface area contributed by atoms with Crippen molar-refractivity contribution in [3.05, 3.63) is 64.7 Å². The van der Waals surface area contributed by atoms with Gasteiger partial charge < -0.3 is 5.32 Å². The molecule has 7 heteroatoms. The molecule has 0 saturated carbocycles. The van der Waals surface area contributed by atoms with E-state index in [0.717, 1.165) is 12.0 Å². The number of benzene rings is 2. The predicted molar refractivity (Wildman–Crippen MR) is 107 cm³/mol. The third-order valence-electron chi connectivity index (χ3n) is 4.86. The van der Waals surface area contributed by atoms with Crippen LogP contribution in [0.1, 0.15) is 35.7 Å². The Morgan fingerprint density at radius 1 is 1.07 bits per heavy atom. The molecular formula is C20H23ClN2O3S. The lowest BCUT2D eigenvalue weighted by molar-refractivity contribution is 0.0924. The highest BCUT2D eigenvalue weighted by atomic mass is 35.5. The molecule has 144 valence electrons. The van der Waals surface area contributed by atoms with Crippen LogP contribution in [0.3, 0.4) is 0 Å². The maximum absolute atomic E-state index is 12.8. The van der Waals surface area contributed by atoms with Gasteiger partial charge in [0.15, 0.2) is 0 Å². The van der Waals surface area contributed by atoms with Gasteiger partial charge in [0.05, 0.1) is 4.90 Å². The summed E-state index contributed by atoms with van der Waals surface area (Å²) in [6, 6.07) is 13.7. The molecule has 2 aromatic carbocycles. The number of carbonyl (C=O) groups is 1. The Bertz CT molecular complexity index is 888. The molecular weight excluding hydrogens is 384 g/mol. The van der Waals surface area contributed by atoms with E-state index in [2.05, 4.69) is 5.32 Å². The monoisotopic (exact) mass is 406 g/mol. The van der Waals surface area contributed by atoms with E-state index in [0.29, 0.717) is 41.4 Å². The number of nitrogens with zero attached hydrogens (tertiary/aromatic N) is 1. The van der Waals surface area contributed by atoms with Gasteiger partial charge in [0, 0.05) is 29.7 Å². The summed E-state index contributed by atoms with van der Waals surface area (Å²) in [7, 11) is -3.49. The molecule has 5 nitrogen and oxygen atoms in total. The zero-order chi connectivity index (χ0) is 19.4. The second-order valence-electron chi connectivity index (χ2n) is 6.66. The van der Waals surface area contributed by atoms with E-state index >= 15 is 0 Å². The molecule has 1 saturated heterocycles. The van der Waals surface area contributed by atoms with Crippen LogP contribution >= 0.6 is 11.6 Å². The summed E-state index contributed by atoms with van der Waals surface area (Å²) >= 11 is 5.84. The minimum absolute atomic E-state index is 0.0397. The Morgan fingerprint density at radius 2 is 1.67 bits per heavy atom. The van der Waals surface area contributed by atoms with Crippen LogP contribution in [0.25, 0.3) is 0 Å². The molecule has 1 aliphatic rings. The van der Waals surface area contributed by atoms with Gasteiger partial charge in [0.1, 0.15) is 0 Å². The second kappa shape index (κ2) is 8.42. The summed E-state index contributed by atoms with van der Waals surface area (Å²) in [5, 5.41) is 3.56. The average molecular weight is 407 g/mol. The number of nitrogens with one attached hydrogen (secondary N) is 1. The van der Waals surface area contributed by atoms with Crippen molar-refractivity contribution in [1.82, 2.24) is 9.62 Å². The fourth-order valence-corrected chi connectivity index (χ4v) is 4.75. The summed E-state index contributed by atoms with van der Waals surface area (Å²) in [4.78, 5) is 12.6. The Hall–Kier alpha value is -1.89. The Morgan fingerprint density at radius 3 is 2.22 bits per heavy atom. The lowest BCUT2D eigenvalue weighted by Crippen LogP contribution is -2.46. The van der Waals surface area contributed by atoms with Crippen molar-refractivity contribution >= 4 is 27.5 Å². The van der Waals surface area contributed by atoms with Crippen LogP contribution in [0, 0.1) is 0 Å². The third kappa shape index (κ3) is 4.69. The zero-order valence-corrected chi connectivity index (χ0v) is 16.8. The Balaban J connectivity index is 1.59. The van der Waals surface area contributed by atoms with Crippen molar-refractivity contribution < 1.29 is 13.2 Å². The number of carbonyl (C=O) groups excluding carboxylic acids is 1. The number of amides is 1. The minimum Gasteiger partial charge on any atom is -0.349 e. The Labute approximate surface area is 165 Å². The van der Waals surface area contributed by atoms with Gasteiger partial charge in [0.25, 0.3) is 5.91 Å². The molecule has 1 amide bonds. The van der Waals surface area contributed by atoms with E-state index in [1.54, 1.807) is 36.4 Å². The summed E-state index contributed by atoms with van der Waals surface area (Å²) < 4.78 is 27.1. The summed E-state index contributed by atoms with van der Waals surface area (Å²) in [5.41, 5.74) is 1.66. The summed E-state index contributed by atoms with van der Waals surface area (Å²) in [6.07, 6.45) is 2.05. The van der Waals surface area contributed by atoms with Gasteiger partial charge in [-0.25, -0.2) is 8.42 Å². The SMILES string of the molecule is CCc1ccc(S(=O)(=O)N2CCC(NC(=O)c3ccc(Cl)cc3)CC2)cc1. The van der Waals surface area contributed by atoms with Crippen LogP contribution in [-0.4, -0.2) is 37.8 Å². The number of hydrogen-bond acceptors (Lipinski definition) is 3. The van der Waals surface area contributed by atoms with Crippen molar-refractivity contribution in [1.29, 1.82) is 0 Å². The molecule has 1 heterocycles. The number of sulfonamides is 1. The maximum atomic E-state index is 12.8. The highest BCUT2D eigenvalue weighted by Gasteiger charge is 2.30. The van der Waals surface area contributed by atoms with Crippen molar-refractivity contribution in [2.24, 2.45) is 0 Å². The second-order valence-corrected chi connectivity index (χ2v) is 9.03. The van der Waals surface area contributed by atoms with Crippen LogP contribution in [0.2, 0.25) is 5.02 Å². The molecule has 1 fully saturated rings. The first-order valence-electron chi connectivity index (χ1n) is 9.05. The number of aryl methyl sites for hydroxylation is 1. The van der Waals surface area contributed by atoms with Crippen LogP contribution in [0.5, 0.6) is 0 Å². The first kappa shape index (κ1) is 19.9. The van der Waals surface area contributed by atoms with Gasteiger partial charge in [-0.1, -0.05) is 30.7 Å². The molecule has 0 spiro atoms. The normalized spacial score (nSPS) is 16.2. The molecule has 1 N–H and O–H groups in total. The van der Waals surface area contributed by atoms with E-state index in [1.807, 2.05) is 19.1 Å². The molecule has 1 aliphatic heterocycles. The van der Waals surface area contributed by atoms with Crippen molar-refractivity contribution in [2.45, 2.75) is 37.1 Å². The number of piperidine rings is 1. The van der Waals surface area contributed by atoms with E-state index < -0.39 is 10.0 Å². The molecule has 0 aromatic heterocycles. The number of rotatable bonds is 5. The van der Waals surface area contributed by atoms with Crippen LogP contribution < -0.4 is 5.32 Å². The van der Waals surface area contributed by atoms with Crippen molar-refractivity contribution in [2.75, 3.05) is 13.1 Å².